The van der Waals surface area contributed by atoms with E-state index in [0.717, 1.165) is 6.07 Å². The lowest BCUT2D eigenvalue weighted by Gasteiger charge is -2.03. The monoisotopic (exact) mass is 291 g/mol. The van der Waals surface area contributed by atoms with E-state index in [1.54, 1.807) is 5.10 Å². The van der Waals surface area contributed by atoms with Crippen LogP contribution >= 0.6 is 11.6 Å². The lowest BCUT2D eigenvalue weighted by atomic mass is 10.1. The van der Waals surface area contributed by atoms with Gasteiger partial charge < -0.3 is 0 Å². The van der Waals surface area contributed by atoms with Gasteiger partial charge >= 0.3 is 6.18 Å². The third-order valence-electron chi connectivity index (χ3n) is 2.35. The molecule has 0 aliphatic heterocycles. The van der Waals surface area contributed by atoms with Gasteiger partial charge in [-0.3, -0.25) is 15.2 Å². The summed E-state index contributed by atoms with van der Waals surface area (Å²) >= 11 is 5.58. The van der Waals surface area contributed by atoms with Gasteiger partial charge in [0.2, 0.25) is 0 Å². The Morgan fingerprint density at radius 3 is 2.47 bits per heavy atom. The number of nitro benzene ring substituents is 1. The normalized spacial score (nSPS) is 11.6. The molecule has 0 unspecified atom stereocenters. The van der Waals surface area contributed by atoms with Gasteiger partial charge in [0.05, 0.1) is 15.5 Å². The maximum absolute atomic E-state index is 12.5. The van der Waals surface area contributed by atoms with Gasteiger partial charge in [0.15, 0.2) is 5.69 Å². The third kappa shape index (κ3) is 2.39. The van der Waals surface area contributed by atoms with Crippen molar-refractivity contribution < 1.29 is 18.1 Å². The third-order valence-corrected chi connectivity index (χ3v) is 2.71. The molecule has 1 aromatic heterocycles. The molecule has 0 radical (unpaired) electrons. The number of halogens is 4. The van der Waals surface area contributed by atoms with Gasteiger partial charge in [-0.2, -0.15) is 18.3 Å². The average Bonchev–Trinajstić information content (AvgIpc) is 2.70. The zero-order valence-electron chi connectivity index (χ0n) is 9.03. The topological polar surface area (TPSA) is 71.8 Å². The van der Waals surface area contributed by atoms with Crippen LogP contribution in [0, 0.1) is 10.1 Å². The summed E-state index contributed by atoms with van der Waals surface area (Å²) in [5.41, 5.74) is -1.99. The molecule has 100 valence electrons. The summed E-state index contributed by atoms with van der Waals surface area (Å²) in [6.45, 7) is 0. The van der Waals surface area contributed by atoms with E-state index >= 15 is 0 Å². The molecule has 1 N–H and O–H groups in total. The fourth-order valence-electron chi connectivity index (χ4n) is 1.53. The largest absolute Gasteiger partial charge is 0.434 e. The Hall–Kier alpha value is -2.09. The summed E-state index contributed by atoms with van der Waals surface area (Å²) in [7, 11) is 0. The van der Waals surface area contributed by atoms with Gasteiger partial charge in [0.1, 0.15) is 5.69 Å². The number of benzene rings is 1. The summed E-state index contributed by atoms with van der Waals surface area (Å²) in [5, 5.41) is 15.3. The zero-order valence-corrected chi connectivity index (χ0v) is 9.79. The number of rotatable bonds is 2. The lowest BCUT2D eigenvalue weighted by Crippen LogP contribution is -2.05. The van der Waals surface area contributed by atoms with Gasteiger partial charge in [-0.15, -0.1) is 0 Å². The number of nitrogens with one attached hydrogen (secondary N) is 1. The first kappa shape index (κ1) is 13.3. The van der Waals surface area contributed by atoms with Crippen LogP contribution in [0.5, 0.6) is 0 Å². The lowest BCUT2D eigenvalue weighted by molar-refractivity contribution is -0.384. The van der Waals surface area contributed by atoms with E-state index < -0.39 is 21.8 Å². The molecule has 0 aliphatic rings. The molecular weight excluding hydrogens is 287 g/mol. The first-order valence-corrected chi connectivity index (χ1v) is 5.25. The van der Waals surface area contributed by atoms with Crippen LogP contribution in [-0.4, -0.2) is 15.1 Å². The van der Waals surface area contributed by atoms with Crippen molar-refractivity contribution in [3.8, 4) is 11.3 Å². The number of alkyl halides is 3. The van der Waals surface area contributed by atoms with Crippen LogP contribution in [0.4, 0.5) is 18.9 Å². The van der Waals surface area contributed by atoms with Crippen molar-refractivity contribution >= 4 is 17.3 Å². The number of hydrogen-bond donors (Lipinski definition) is 1. The molecule has 2 rings (SSSR count). The molecule has 2 aromatic rings. The van der Waals surface area contributed by atoms with Gasteiger partial charge in [-0.1, -0.05) is 23.7 Å². The summed E-state index contributed by atoms with van der Waals surface area (Å²) in [6.07, 6.45) is -4.70. The van der Waals surface area contributed by atoms with Crippen LogP contribution in [0.25, 0.3) is 11.3 Å². The van der Waals surface area contributed by atoms with Crippen LogP contribution in [0.3, 0.4) is 0 Å². The highest BCUT2D eigenvalue weighted by Crippen LogP contribution is 2.40. The second kappa shape index (κ2) is 4.54. The van der Waals surface area contributed by atoms with Gasteiger partial charge in [0, 0.05) is 6.07 Å². The van der Waals surface area contributed by atoms with Crippen LogP contribution in [-0.2, 0) is 6.18 Å². The number of hydrogen-bond acceptors (Lipinski definition) is 3. The molecule has 0 fully saturated rings. The smallest absolute Gasteiger partial charge is 0.272 e. The van der Waals surface area contributed by atoms with Gasteiger partial charge in [-0.25, -0.2) is 0 Å². The van der Waals surface area contributed by atoms with Gasteiger partial charge in [0.25, 0.3) is 5.69 Å². The predicted molar refractivity (Wildman–Crippen MR) is 60.7 cm³/mol. The van der Waals surface area contributed by atoms with E-state index in [1.165, 1.54) is 18.2 Å². The number of H-pyrrole nitrogens is 1. The Morgan fingerprint density at radius 2 is 1.95 bits per heavy atom. The number of nitro groups is 1. The van der Waals surface area contributed by atoms with Crippen LogP contribution in [0.2, 0.25) is 5.02 Å². The minimum absolute atomic E-state index is 0.0794. The van der Waals surface area contributed by atoms with Crippen LogP contribution in [0.1, 0.15) is 5.69 Å². The van der Waals surface area contributed by atoms with Crippen LogP contribution in [0.15, 0.2) is 24.3 Å². The summed E-state index contributed by atoms with van der Waals surface area (Å²) < 4.78 is 37.6. The van der Waals surface area contributed by atoms with Crippen molar-refractivity contribution in [2.75, 3.05) is 0 Å². The molecule has 0 amide bonds. The molecule has 1 heterocycles. The van der Waals surface area contributed by atoms with E-state index in [0.29, 0.717) is 0 Å². The Kier molecular flexibility index (Phi) is 3.19. The molecule has 19 heavy (non-hydrogen) atoms. The van der Waals surface area contributed by atoms with Crippen molar-refractivity contribution in [2.24, 2.45) is 0 Å². The Bertz CT molecular complexity index is 639. The number of aromatic nitrogens is 2. The summed E-state index contributed by atoms with van der Waals surface area (Å²) in [6, 6.07) is 5.28. The predicted octanol–water partition coefficient (Wildman–Crippen LogP) is 3.66. The number of nitrogens with zero attached hydrogens (tertiary/aromatic N) is 2. The fourth-order valence-corrected chi connectivity index (χ4v) is 1.82. The summed E-state index contributed by atoms with van der Waals surface area (Å²) in [5.74, 6) is 0. The Labute approximate surface area is 109 Å². The maximum atomic E-state index is 12.5. The first-order valence-electron chi connectivity index (χ1n) is 4.87. The highest BCUT2D eigenvalue weighted by Gasteiger charge is 2.37. The zero-order chi connectivity index (χ0) is 14.2. The van der Waals surface area contributed by atoms with Crippen molar-refractivity contribution in [1.82, 2.24) is 10.2 Å². The Morgan fingerprint density at radius 1 is 1.32 bits per heavy atom. The maximum Gasteiger partial charge on any atom is 0.434 e. The minimum atomic E-state index is -4.70. The quantitative estimate of drug-likeness (QED) is 0.678. The van der Waals surface area contributed by atoms with E-state index in [2.05, 4.69) is 5.10 Å². The van der Waals surface area contributed by atoms with Crippen molar-refractivity contribution in [1.29, 1.82) is 0 Å². The molecule has 0 aliphatic carbocycles. The second-order valence-corrected chi connectivity index (χ2v) is 3.91. The molecule has 0 bridgehead atoms. The standard InChI is InChI=1S/C10H5ClF3N3O2/c11-7-8(15-16-9(7)10(12,13)14)5-3-1-2-4-6(5)17(18)19/h1-4H,(H,15,16). The molecule has 0 saturated carbocycles. The van der Waals surface area contributed by atoms with E-state index in [4.69, 9.17) is 11.6 Å². The highest BCUT2D eigenvalue weighted by atomic mass is 35.5. The van der Waals surface area contributed by atoms with Crippen molar-refractivity contribution in [3.63, 3.8) is 0 Å². The molecule has 5 nitrogen and oxygen atoms in total. The highest BCUT2D eigenvalue weighted by molar-refractivity contribution is 6.33. The van der Waals surface area contributed by atoms with E-state index in [-0.39, 0.29) is 16.9 Å². The van der Waals surface area contributed by atoms with E-state index in [1.807, 2.05) is 0 Å². The summed E-state index contributed by atoms with van der Waals surface area (Å²) in [4.78, 5) is 10.1. The number of aromatic amines is 1. The molecule has 0 atom stereocenters. The van der Waals surface area contributed by atoms with Gasteiger partial charge in [-0.05, 0) is 6.07 Å². The van der Waals surface area contributed by atoms with Crippen molar-refractivity contribution in [3.05, 3.63) is 45.1 Å². The molecule has 9 heteroatoms. The average molecular weight is 292 g/mol. The Balaban J connectivity index is 2.62. The number of para-hydroxylation sites is 1. The molecular formula is C10H5ClF3N3O2. The molecule has 0 saturated heterocycles. The first-order chi connectivity index (χ1) is 8.82. The second-order valence-electron chi connectivity index (χ2n) is 3.53. The molecule has 1 aromatic carbocycles. The van der Waals surface area contributed by atoms with Crippen molar-refractivity contribution in [2.45, 2.75) is 6.18 Å². The van der Waals surface area contributed by atoms with Crippen LogP contribution < -0.4 is 0 Å². The SMILES string of the molecule is O=[N+]([O-])c1ccccc1-c1n[nH]c(C(F)(F)F)c1Cl. The minimum Gasteiger partial charge on any atom is -0.272 e. The fraction of sp³-hybridized carbons (Fsp3) is 0.100. The molecule has 0 spiro atoms. The van der Waals surface area contributed by atoms with E-state index in [9.17, 15) is 23.3 Å².